The summed E-state index contributed by atoms with van der Waals surface area (Å²) in [5, 5.41) is -0.480. The fourth-order valence-electron chi connectivity index (χ4n) is 0.562. The first-order valence-electron chi connectivity index (χ1n) is 2.73. The first kappa shape index (κ1) is 9.05. The van der Waals surface area contributed by atoms with E-state index >= 15 is 0 Å². The Morgan fingerprint density at radius 2 is 2.08 bits per heavy atom. The second-order valence-electron chi connectivity index (χ2n) is 1.91. The van der Waals surface area contributed by atoms with Crippen molar-refractivity contribution in [1.82, 2.24) is 9.97 Å². The van der Waals surface area contributed by atoms with Crippen LogP contribution in [0.1, 0.15) is 5.82 Å². The van der Waals surface area contributed by atoms with Crippen molar-refractivity contribution in [3.05, 3.63) is 27.4 Å². The van der Waals surface area contributed by atoms with Crippen LogP contribution in [0.2, 0.25) is 5.15 Å². The number of nitrogens with one attached hydrogen (secondary N) is 1. The van der Waals surface area contributed by atoms with Crippen LogP contribution in [0.5, 0.6) is 0 Å². The van der Waals surface area contributed by atoms with Gasteiger partial charge in [0.15, 0.2) is 0 Å². The highest BCUT2D eigenvalue weighted by molar-refractivity contribution is 6.29. The molecule has 0 amide bonds. The van der Waals surface area contributed by atoms with Gasteiger partial charge in [0, 0.05) is 6.07 Å². The van der Waals surface area contributed by atoms with Gasteiger partial charge in [0.1, 0.15) is 5.15 Å². The molecule has 12 heavy (non-hydrogen) atoms. The van der Waals surface area contributed by atoms with Gasteiger partial charge in [-0.25, -0.2) is 4.98 Å². The van der Waals surface area contributed by atoms with Gasteiger partial charge in [-0.2, -0.15) is 13.2 Å². The van der Waals surface area contributed by atoms with Crippen molar-refractivity contribution in [1.29, 1.82) is 0 Å². The average Bonchev–Trinajstić information content (AvgIpc) is 1.82. The Morgan fingerprint density at radius 1 is 1.50 bits per heavy atom. The zero-order valence-electron chi connectivity index (χ0n) is 5.44. The van der Waals surface area contributed by atoms with Crippen LogP contribution in [0.4, 0.5) is 13.2 Å². The molecule has 0 fully saturated rings. The summed E-state index contributed by atoms with van der Waals surface area (Å²) in [4.78, 5) is 14.9. The van der Waals surface area contributed by atoms with Crippen molar-refractivity contribution in [3.8, 4) is 0 Å². The minimum atomic E-state index is -4.68. The van der Waals surface area contributed by atoms with Crippen molar-refractivity contribution >= 4 is 11.6 Å². The minimum Gasteiger partial charge on any atom is -0.303 e. The lowest BCUT2D eigenvalue weighted by Crippen LogP contribution is -2.18. The van der Waals surface area contributed by atoms with E-state index in [-0.39, 0.29) is 0 Å². The Labute approximate surface area is 69.2 Å². The summed E-state index contributed by atoms with van der Waals surface area (Å²) >= 11 is 5.13. The highest BCUT2D eigenvalue weighted by atomic mass is 35.5. The average molecular weight is 199 g/mol. The Balaban J connectivity index is 3.27. The zero-order valence-corrected chi connectivity index (χ0v) is 6.20. The molecule has 66 valence electrons. The summed E-state index contributed by atoms with van der Waals surface area (Å²) in [5.74, 6) is -1.39. The second kappa shape index (κ2) is 2.78. The molecule has 1 rings (SSSR count). The number of hydrogen-bond donors (Lipinski definition) is 1. The molecule has 0 saturated heterocycles. The number of rotatable bonds is 0. The van der Waals surface area contributed by atoms with Gasteiger partial charge in [0.2, 0.25) is 5.82 Å². The number of nitrogens with zero attached hydrogens (tertiary/aromatic N) is 1. The number of aromatic nitrogens is 2. The number of H-pyrrole nitrogens is 1. The molecule has 0 bridgehead atoms. The summed E-state index contributed by atoms with van der Waals surface area (Å²) in [5.41, 5.74) is -0.928. The topological polar surface area (TPSA) is 45.8 Å². The predicted molar refractivity (Wildman–Crippen MR) is 34.9 cm³/mol. The van der Waals surface area contributed by atoms with Crippen LogP contribution in [0.3, 0.4) is 0 Å². The van der Waals surface area contributed by atoms with Crippen LogP contribution >= 0.6 is 11.6 Å². The summed E-state index contributed by atoms with van der Waals surface area (Å²) in [6.07, 6.45) is -4.68. The highest BCUT2D eigenvalue weighted by Crippen LogP contribution is 2.25. The number of hydrogen-bond acceptors (Lipinski definition) is 2. The van der Waals surface area contributed by atoms with Gasteiger partial charge in [0.05, 0.1) is 0 Å². The third-order valence-electron chi connectivity index (χ3n) is 0.979. The van der Waals surface area contributed by atoms with Crippen molar-refractivity contribution in [3.63, 3.8) is 0 Å². The van der Waals surface area contributed by atoms with E-state index in [4.69, 9.17) is 11.6 Å². The molecule has 1 N–H and O–H groups in total. The Bertz CT molecular complexity index is 345. The SMILES string of the molecule is O=c1cc(Cl)nc(C(F)(F)F)[nH]1. The Kier molecular flexibility index (Phi) is 2.10. The maximum absolute atomic E-state index is 11.9. The van der Waals surface area contributed by atoms with Gasteiger partial charge in [-0.1, -0.05) is 11.6 Å². The molecule has 1 aromatic heterocycles. The van der Waals surface area contributed by atoms with Gasteiger partial charge in [-0.05, 0) is 0 Å². The largest absolute Gasteiger partial charge is 0.449 e. The van der Waals surface area contributed by atoms with E-state index in [0.29, 0.717) is 0 Å². The molecule has 1 aromatic rings. The molecule has 1 heterocycles. The second-order valence-corrected chi connectivity index (χ2v) is 2.30. The van der Waals surface area contributed by atoms with Gasteiger partial charge in [0.25, 0.3) is 5.56 Å². The molecule has 0 aliphatic carbocycles. The van der Waals surface area contributed by atoms with E-state index in [2.05, 4.69) is 4.98 Å². The third-order valence-corrected chi connectivity index (χ3v) is 1.17. The van der Waals surface area contributed by atoms with Crippen LogP contribution in [-0.4, -0.2) is 9.97 Å². The van der Waals surface area contributed by atoms with Crippen molar-refractivity contribution in [2.24, 2.45) is 0 Å². The highest BCUT2D eigenvalue weighted by Gasteiger charge is 2.34. The molecule has 0 aliphatic heterocycles. The molecule has 0 spiro atoms. The molecule has 0 saturated carbocycles. The lowest BCUT2D eigenvalue weighted by atomic mass is 10.5. The Morgan fingerprint density at radius 3 is 2.50 bits per heavy atom. The first-order valence-corrected chi connectivity index (χ1v) is 3.11. The van der Waals surface area contributed by atoms with Crippen LogP contribution in [0, 0.1) is 0 Å². The van der Waals surface area contributed by atoms with E-state index in [1.807, 2.05) is 0 Å². The summed E-state index contributed by atoms with van der Waals surface area (Å²) in [6.45, 7) is 0. The first-order chi connectivity index (χ1) is 5.39. The fraction of sp³-hybridized carbons (Fsp3) is 0.200. The number of halogens is 4. The molecule has 0 aliphatic rings. The van der Waals surface area contributed by atoms with Gasteiger partial charge in [-0.15, -0.1) is 0 Å². The van der Waals surface area contributed by atoms with Gasteiger partial charge >= 0.3 is 6.18 Å². The van der Waals surface area contributed by atoms with E-state index in [1.165, 1.54) is 4.98 Å². The van der Waals surface area contributed by atoms with Gasteiger partial charge in [-0.3, -0.25) is 4.79 Å². The third kappa shape index (κ3) is 1.97. The molecule has 0 atom stereocenters. The molecule has 7 heteroatoms. The fourth-order valence-corrected chi connectivity index (χ4v) is 0.746. The van der Waals surface area contributed by atoms with E-state index in [9.17, 15) is 18.0 Å². The van der Waals surface area contributed by atoms with E-state index in [0.717, 1.165) is 6.07 Å². The quantitative estimate of drug-likeness (QED) is 0.641. The maximum atomic E-state index is 11.9. The normalized spacial score (nSPS) is 11.7. The molecule has 0 unspecified atom stereocenters. The van der Waals surface area contributed by atoms with Crippen LogP contribution in [0.25, 0.3) is 0 Å². The van der Waals surface area contributed by atoms with Crippen molar-refractivity contribution in [2.45, 2.75) is 6.18 Å². The molecular weight excluding hydrogens is 197 g/mol. The number of aromatic amines is 1. The van der Waals surface area contributed by atoms with Gasteiger partial charge < -0.3 is 4.98 Å². The van der Waals surface area contributed by atoms with Crippen molar-refractivity contribution < 1.29 is 13.2 Å². The lowest BCUT2D eigenvalue weighted by Gasteiger charge is -2.03. The molecule has 0 radical (unpaired) electrons. The van der Waals surface area contributed by atoms with E-state index in [1.54, 1.807) is 0 Å². The maximum Gasteiger partial charge on any atom is 0.449 e. The summed E-state index contributed by atoms with van der Waals surface area (Å²) in [6, 6.07) is 0.761. The molecule has 3 nitrogen and oxygen atoms in total. The van der Waals surface area contributed by atoms with E-state index < -0.39 is 22.7 Å². The smallest absolute Gasteiger partial charge is 0.303 e. The van der Waals surface area contributed by atoms with Crippen LogP contribution in [0.15, 0.2) is 10.9 Å². The Hall–Kier alpha value is -1.04. The van der Waals surface area contributed by atoms with Crippen molar-refractivity contribution in [2.75, 3.05) is 0 Å². The predicted octanol–water partition coefficient (Wildman–Crippen LogP) is 1.44. The zero-order chi connectivity index (χ0) is 9.35. The summed E-state index contributed by atoms with van der Waals surface area (Å²) < 4.78 is 35.6. The standard InChI is InChI=1S/C5H2ClF3N2O/c6-2-1-3(12)11-4(10-2)5(7,8)9/h1H,(H,10,11,12). The summed E-state index contributed by atoms with van der Waals surface area (Å²) in [7, 11) is 0. The molecular formula is C5H2ClF3N2O. The van der Waals surface area contributed by atoms with Crippen LogP contribution in [-0.2, 0) is 6.18 Å². The minimum absolute atomic E-state index is 0.480. The molecule has 0 aromatic carbocycles. The number of alkyl halides is 3. The van der Waals surface area contributed by atoms with Crippen LogP contribution < -0.4 is 5.56 Å². The monoisotopic (exact) mass is 198 g/mol. The lowest BCUT2D eigenvalue weighted by molar-refractivity contribution is -0.145.